The predicted octanol–water partition coefficient (Wildman–Crippen LogP) is 4.42. The van der Waals surface area contributed by atoms with Crippen molar-refractivity contribution in [1.82, 2.24) is 4.90 Å². The molecule has 3 heteroatoms. The van der Waals surface area contributed by atoms with Crippen molar-refractivity contribution in [3.8, 4) is 0 Å². The molecule has 100 valence electrons. The van der Waals surface area contributed by atoms with E-state index < -0.39 is 0 Å². The van der Waals surface area contributed by atoms with E-state index in [0.29, 0.717) is 10.4 Å². The summed E-state index contributed by atoms with van der Waals surface area (Å²) in [6.45, 7) is 7.98. The van der Waals surface area contributed by atoms with E-state index in [1.54, 1.807) is 6.07 Å². The standard InChI is InChI=1S/C15H21BrFN/c1-11(2)10-18-7-5-12(6-8-18)13-3-4-14(16)15(17)9-13/h3-4,9,11-12H,5-8,10H2,1-2H3. The third-order valence-electron chi connectivity index (χ3n) is 3.63. The first kappa shape index (κ1) is 14.0. The van der Waals surface area contributed by atoms with Crippen molar-refractivity contribution in [2.24, 2.45) is 5.92 Å². The summed E-state index contributed by atoms with van der Waals surface area (Å²) in [5.41, 5.74) is 1.15. The number of rotatable bonds is 3. The molecule has 18 heavy (non-hydrogen) atoms. The lowest BCUT2D eigenvalue weighted by Crippen LogP contribution is -2.35. The van der Waals surface area contributed by atoms with Crippen LogP contribution in [-0.4, -0.2) is 24.5 Å². The van der Waals surface area contributed by atoms with Crippen LogP contribution in [0.15, 0.2) is 22.7 Å². The third kappa shape index (κ3) is 3.55. The molecule has 1 heterocycles. The zero-order chi connectivity index (χ0) is 13.1. The second-order valence-corrected chi connectivity index (χ2v) is 6.50. The molecule has 1 fully saturated rings. The minimum absolute atomic E-state index is 0.142. The Morgan fingerprint density at radius 1 is 1.33 bits per heavy atom. The van der Waals surface area contributed by atoms with Crippen molar-refractivity contribution in [2.45, 2.75) is 32.6 Å². The monoisotopic (exact) mass is 313 g/mol. The molecule has 0 spiro atoms. The topological polar surface area (TPSA) is 3.24 Å². The number of likely N-dealkylation sites (tertiary alicyclic amines) is 1. The summed E-state index contributed by atoms with van der Waals surface area (Å²) in [5, 5.41) is 0. The normalized spacial score (nSPS) is 18.5. The maximum atomic E-state index is 13.5. The molecule has 1 nitrogen and oxygen atoms in total. The smallest absolute Gasteiger partial charge is 0.137 e. The number of hydrogen-bond acceptors (Lipinski definition) is 1. The van der Waals surface area contributed by atoms with Gasteiger partial charge in [-0.25, -0.2) is 4.39 Å². The zero-order valence-electron chi connectivity index (χ0n) is 11.1. The number of hydrogen-bond donors (Lipinski definition) is 0. The molecule has 0 radical (unpaired) electrons. The van der Waals surface area contributed by atoms with E-state index in [4.69, 9.17) is 0 Å². The van der Waals surface area contributed by atoms with Crippen LogP contribution in [0.2, 0.25) is 0 Å². The van der Waals surface area contributed by atoms with Crippen molar-refractivity contribution < 1.29 is 4.39 Å². The van der Waals surface area contributed by atoms with Crippen molar-refractivity contribution in [3.63, 3.8) is 0 Å². The molecule has 1 aliphatic heterocycles. The van der Waals surface area contributed by atoms with E-state index in [0.717, 1.165) is 37.4 Å². The molecule has 0 unspecified atom stereocenters. The van der Waals surface area contributed by atoms with E-state index in [1.807, 2.05) is 6.07 Å². The van der Waals surface area contributed by atoms with Crippen LogP contribution < -0.4 is 0 Å². The van der Waals surface area contributed by atoms with Gasteiger partial charge in [0.05, 0.1) is 4.47 Å². The van der Waals surface area contributed by atoms with Crippen LogP contribution in [0.4, 0.5) is 4.39 Å². The van der Waals surface area contributed by atoms with E-state index in [2.05, 4.69) is 40.7 Å². The van der Waals surface area contributed by atoms with Gasteiger partial charge in [0.25, 0.3) is 0 Å². The fourth-order valence-corrected chi connectivity index (χ4v) is 2.98. The van der Waals surface area contributed by atoms with E-state index in [-0.39, 0.29) is 5.82 Å². The first-order valence-corrected chi connectivity index (χ1v) is 7.53. The molecule has 0 N–H and O–H groups in total. The molecule has 1 aromatic rings. The van der Waals surface area contributed by atoms with Crippen LogP contribution in [0.5, 0.6) is 0 Å². The highest BCUT2D eigenvalue weighted by Crippen LogP contribution is 2.30. The Hall–Kier alpha value is -0.410. The fraction of sp³-hybridized carbons (Fsp3) is 0.600. The Kier molecular flexibility index (Phi) is 4.79. The highest BCUT2D eigenvalue weighted by atomic mass is 79.9. The number of halogens is 2. The average molecular weight is 314 g/mol. The quantitative estimate of drug-likeness (QED) is 0.798. The highest BCUT2D eigenvalue weighted by molar-refractivity contribution is 9.10. The maximum Gasteiger partial charge on any atom is 0.137 e. The Bertz CT molecular complexity index is 397. The number of benzene rings is 1. The van der Waals surface area contributed by atoms with Crippen LogP contribution in [0.25, 0.3) is 0 Å². The van der Waals surface area contributed by atoms with Crippen molar-refractivity contribution >= 4 is 15.9 Å². The van der Waals surface area contributed by atoms with Gasteiger partial charge in [0, 0.05) is 6.54 Å². The molecule has 0 aromatic heterocycles. The van der Waals surface area contributed by atoms with Crippen LogP contribution >= 0.6 is 15.9 Å². The van der Waals surface area contributed by atoms with Crippen LogP contribution in [0, 0.1) is 11.7 Å². The molecule has 0 aliphatic carbocycles. The fourth-order valence-electron chi connectivity index (χ4n) is 2.73. The summed E-state index contributed by atoms with van der Waals surface area (Å²) < 4.78 is 14.1. The largest absolute Gasteiger partial charge is 0.303 e. The van der Waals surface area contributed by atoms with Gasteiger partial charge in [-0.2, -0.15) is 0 Å². The van der Waals surface area contributed by atoms with Gasteiger partial charge in [-0.3, -0.25) is 0 Å². The Balaban J connectivity index is 1.94. The van der Waals surface area contributed by atoms with Gasteiger partial charge in [-0.05, 0) is 71.4 Å². The van der Waals surface area contributed by atoms with E-state index in [9.17, 15) is 4.39 Å². The summed E-state index contributed by atoms with van der Waals surface area (Å²) in [5.74, 6) is 1.11. The molecule has 0 amide bonds. The molecule has 2 rings (SSSR count). The van der Waals surface area contributed by atoms with Crippen LogP contribution in [0.1, 0.15) is 38.2 Å². The van der Waals surface area contributed by atoms with Crippen molar-refractivity contribution in [1.29, 1.82) is 0 Å². The van der Waals surface area contributed by atoms with Crippen molar-refractivity contribution in [3.05, 3.63) is 34.1 Å². The third-order valence-corrected chi connectivity index (χ3v) is 4.27. The molecule has 1 aromatic carbocycles. The number of piperidine rings is 1. The van der Waals surface area contributed by atoms with E-state index >= 15 is 0 Å². The highest BCUT2D eigenvalue weighted by Gasteiger charge is 2.21. The summed E-state index contributed by atoms with van der Waals surface area (Å²) >= 11 is 3.21. The Morgan fingerprint density at radius 2 is 2.00 bits per heavy atom. The first-order chi connectivity index (χ1) is 8.56. The van der Waals surface area contributed by atoms with Gasteiger partial charge in [-0.15, -0.1) is 0 Å². The average Bonchev–Trinajstić information content (AvgIpc) is 2.33. The van der Waals surface area contributed by atoms with E-state index in [1.165, 1.54) is 6.54 Å². The Morgan fingerprint density at radius 3 is 2.56 bits per heavy atom. The Labute approximate surface area is 118 Å². The molecule has 1 saturated heterocycles. The minimum atomic E-state index is -0.142. The van der Waals surface area contributed by atoms with Crippen LogP contribution in [0.3, 0.4) is 0 Å². The molecular formula is C15H21BrFN. The number of nitrogens with zero attached hydrogens (tertiary/aromatic N) is 1. The van der Waals surface area contributed by atoms with Gasteiger partial charge in [0.2, 0.25) is 0 Å². The second kappa shape index (κ2) is 6.16. The van der Waals surface area contributed by atoms with Gasteiger partial charge >= 0.3 is 0 Å². The van der Waals surface area contributed by atoms with Gasteiger partial charge in [0.15, 0.2) is 0 Å². The molecule has 0 saturated carbocycles. The summed E-state index contributed by atoms with van der Waals surface area (Å²) in [6, 6.07) is 5.56. The van der Waals surface area contributed by atoms with Gasteiger partial charge in [0.1, 0.15) is 5.82 Å². The lowest BCUT2D eigenvalue weighted by atomic mass is 9.89. The molecule has 1 aliphatic rings. The minimum Gasteiger partial charge on any atom is -0.303 e. The molecular weight excluding hydrogens is 293 g/mol. The SMILES string of the molecule is CC(C)CN1CCC(c2ccc(Br)c(F)c2)CC1. The summed E-state index contributed by atoms with van der Waals surface area (Å²) in [7, 11) is 0. The molecule has 0 atom stereocenters. The second-order valence-electron chi connectivity index (χ2n) is 5.64. The van der Waals surface area contributed by atoms with Crippen molar-refractivity contribution in [2.75, 3.05) is 19.6 Å². The van der Waals surface area contributed by atoms with Gasteiger partial charge in [-0.1, -0.05) is 19.9 Å². The summed E-state index contributed by atoms with van der Waals surface area (Å²) in [6.07, 6.45) is 2.29. The molecule has 0 bridgehead atoms. The first-order valence-electron chi connectivity index (χ1n) is 6.73. The summed E-state index contributed by atoms with van der Waals surface area (Å²) in [4.78, 5) is 2.52. The van der Waals surface area contributed by atoms with Crippen LogP contribution in [-0.2, 0) is 0 Å². The maximum absolute atomic E-state index is 13.5. The lowest BCUT2D eigenvalue weighted by Gasteiger charge is -2.33. The predicted molar refractivity (Wildman–Crippen MR) is 77.4 cm³/mol. The lowest BCUT2D eigenvalue weighted by molar-refractivity contribution is 0.192. The zero-order valence-corrected chi connectivity index (χ0v) is 12.7. The van der Waals surface area contributed by atoms with Gasteiger partial charge < -0.3 is 4.90 Å².